The molecule has 3 heterocycles. The molecule has 1 fully saturated rings. The first-order valence-electron chi connectivity index (χ1n) is 9.98. The van der Waals surface area contributed by atoms with E-state index in [-0.39, 0.29) is 23.3 Å². The molecule has 0 bridgehead atoms. The van der Waals surface area contributed by atoms with E-state index in [4.69, 9.17) is 4.52 Å². The highest BCUT2D eigenvalue weighted by molar-refractivity contribution is 7.89. The number of amides is 2. The maximum absolute atomic E-state index is 12.5. The molecule has 0 unspecified atom stereocenters. The highest BCUT2D eigenvalue weighted by atomic mass is 32.2. The van der Waals surface area contributed by atoms with Crippen LogP contribution in [0.4, 0.5) is 0 Å². The number of hydrogen-bond acceptors (Lipinski definition) is 8. The lowest BCUT2D eigenvalue weighted by Gasteiger charge is -2.15. The van der Waals surface area contributed by atoms with Crippen LogP contribution in [-0.4, -0.2) is 47.8 Å². The summed E-state index contributed by atoms with van der Waals surface area (Å²) in [5.74, 6) is -0.199. The number of aryl methyl sites for hydroxylation is 1. The van der Waals surface area contributed by atoms with Crippen molar-refractivity contribution in [2.45, 2.75) is 30.6 Å². The molecule has 0 atom stereocenters. The van der Waals surface area contributed by atoms with Crippen LogP contribution in [0.15, 0.2) is 50.5 Å². The molecule has 168 valence electrons. The van der Waals surface area contributed by atoms with Gasteiger partial charge in [0.25, 0.3) is 5.91 Å². The third-order valence-corrected chi connectivity index (χ3v) is 7.54. The standard InChI is InChI=1S/C20H21N5O5S2/c26-17(7-8-18-21-19(24-30-18)15-9-12-31-13-15)22-23-20(27)14-3-5-16(6-4-14)32(28,29)25-10-1-2-11-25/h3-6,9,12-13H,1-2,7-8,10-11H2,(H,22,26)(H,23,27). The molecule has 12 heteroatoms. The van der Waals surface area contributed by atoms with Gasteiger partial charge in [0.2, 0.25) is 27.6 Å². The number of benzene rings is 1. The summed E-state index contributed by atoms with van der Waals surface area (Å²) in [6.45, 7) is 1.02. The molecule has 1 aliphatic rings. The number of carbonyl (C=O) groups is 2. The maximum atomic E-state index is 12.5. The van der Waals surface area contributed by atoms with Crippen LogP contribution in [0, 0.1) is 0 Å². The van der Waals surface area contributed by atoms with Crippen molar-refractivity contribution in [3.05, 3.63) is 52.5 Å². The van der Waals surface area contributed by atoms with Gasteiger partial charge in [0.1, 0.15) is 0 Å². The van der Waals surface area contributed by atoms with E-state index in [0.717, 1.165) is 18.4 Å². The molecular weight excluding hydrogens is 454 g/mol. The maximum Gasteiger partial charge on any atom is 0.269 e. The Kier molecular flexibility index (Phi) is 6.63. The van der Waals surface area contributed by atoms with Gasteiger partial charge in [0.05, 0.1) is 4.90 Å². The Morgan fingerprint density at radius 3 is 2.53 bits per heavy atom. The summed E-state index contributed by atoms with van der Waals surface area (Å²) in [6.07, 6.45) is 1.96. The lowest BCUT2D eigenvalue weighted by molar-refractivity contribution is -0.121. The van der Waals surface area contributed by atoms with Crippen LogP contribution in [0.25, 0.3) is 11.4 Å². The van der Waals surface area contributed by atoms with E-state index in [1.807, 2.05) is 16.8 Å². The van der Waals surface area contributed by atoms with Crippen LogP contribution in [0.1, 0.15) is 35.5 Å². The Hall–Kier alpha value is -3.09. The Morgan fingerprint density at radius 2 is 1.84 bits per heavy atom. The second-order valence-electron chi connectivity index (χ2n) is 7.16. The number of nitrogens with zero attached hydrogens (tertiary/aromatic N) is 3. The average Bonchev–Trinajstić information content (AvgIpc) is 3.58. The molecule has 1 aromatic carbocycles. The van der Waals surface area contributed by atoms with Crippen molar-refractivity contribution in [1.82, 2.24) is 25.3 Å². The summed E-state index contributed by atoms with van der Waals surface area (Å²) >= 11 is 1.52. The van der Waals surface area contributed by atoms with E-state index in [9.17, 15) is 18.0 Å². The van der Waals surface area contributed by atoms with E-state index in [1.165, 1.54) is 39.9 Å². The number of rotatable bonds is 7. The third-order valence-electron chi connectivity index (χ3n) is 4.95. The molecule has 10 nitrogen and oxygen atoms in total. The first kappa shape index (κ1) is 22.1. The minimum atomic E-state index is -3.54. The summed E-state index contributed by atoms with van der Waals surface area (Å²) in [5.41, 5.74) is 5.71. The fourth-order valence-electron chi connectivity index (χ4n) is 3.20. The van der Waals surface area contributed by atoms with Crippen LogP contribution >= 0.6 is 11.3 Å². The predicted molar refractivity (Wildman–Crippen MR) is 116 cm³/mol. The summed E-state index contributed by atoms with van der Waals surface area (Å²) < 4.78 is 31.7. The number of carbonyl (C=O) groups excluding carboxylic acids is 2. The molecule has 0 saturated carbocycles. The van der Waals surface area contributed by atoms with Gasteiger partial charge in [-0.3, -0.25) is 20.4 Å². The van der Waals surface area contributed by atoms with Gasteiger partial charge in [-0.15, -0.1) is 0 Å². The van der Waals surface area contributed by atoms with Gasteiger partial charge in [0.15, 0.2) is 0 Å². The number of aromatic nitrogens is 2. The molecule has 1 aliphatic heterocycles. The normalized spacial score (nSPS) is 14.4. The smallest absolute Gasteiger partial charge is 0.269 e. The highest BCUT2D eigenvalue weighted by Crippen LogP contribution is 2.21. The monoisotopic (exact) mass is 475 g/mol. The van der Waals surface area contributed by atoms with Crippen molar-refractivity contribution >= 4 is 33.2 Å². The Labute approximate surface area is 188 Å². The second-order valence-corrected chi connectivity index (χ2v) is 9.88. The zero-order valence-corrected chi connectivity index (χ0v) is 18.6. The molecule has 0 radical (unpaired) electrons. The van der Waals surface area contributed by atoms with Gasteiger partial charge >= 0.3 is 0 Å². The van der Waals surface area contributed by atoms with Crippen molar-refractivity contribution in [2.24, 2.45) is 0 Å². The summed E-state index contributed by atoms with van der Waals surface area (Å²) in [5, 5.41) is 7.67. The molecule has 2 amide bonds. The van der Waals surface area contributed by atoms with Crippen LogP contribution in [0.5, 0.6) is 0 Å². The number of nitrogens with one attached hydrogen (secondary N) is 2. The van der Waals surface area contributed by atoms with E-state index in [1.54, 1.807) is 0 Å². The van der Waals surface area contributed by atoms with Gasteiger partial charge in [-0.25, -0.2) is 8.42 Å². The molecular formula is C20H21N5O5S2. The SMILES string of the molecule is O=C(CCc1nc(-c2ccsc2)no1)NNC(=O)c1ccc(S(=O)(=O)N2CCCC2)cc1. The molecule has 3 aromatic rings. The predicted octanol–water partition coefficient (Wildman–Crippen LogP) is 1.98. The first-order valence-corrected chi connectivity index (χ1v) is 12.4. The average molecular weight is 476 g/mol. The quantitative estimate of drug-likeness (QED) is 0.499. The lowest BCUT2D eigenvalue weighted by atomic mass is 10.2. The number of hydrazine groups is 1. The van der Waals surface area contributed by atoms with Gasteiger partial charge in [-0.2, -0.15) is 20.6 Å². The Morgan fingerprint density at radius 1 is 1.09 bits per heavy atom. The zero-order chi connectivity index (χ0) is 22.6. The minimum absolute atomic E-state index is 0.0402. The van der Waals surface area contributed by atoms with E-state index in [2.05, 4.69) is 21.0 Å². The van der Waals surface area contributed by atoms with Crippen molar-refractivity contribution in [3.63, 3.8) is 0 Å². The summed E-state index contributed by atoms with van der Waals surface area (Å²) in [4.78, 5) is 28.6. The Balaban J connectivity index is 1.25. The third kappa shape index (κ3) is 5.03. The van der Waals surface area contributed by atoms with Crippen LogP contribution in [0.3, 0.4) is 0 Å². The van der Waals surface area contributed by atoms with Gasteiger partial charge in [-0.1, -0.05) is 5.16 Å². The number of sulfonamides is 1. The lowest BCUT2D eigenvalue weighted by Crippen LogP contribution is -2.41. The fourth-order valence-corrected chi connectivity index (χ4v) is 5.35. The highest BCUT2D eigenvalue weighted by Gasteiger charge is 2.27. The van der Waals surface area contributed by atoms with Crippen molar-refractivity contribution in [3.8, 4) is 11.4 Å². The van der Waals surface area contributed by atoms with Crippen LogP contribution in [0.2, 0.25) is 0 Å². The zero-order valence-electron chi connectivity index (χ0n) is 17.0. The summed E-state index contributed by atoms with van der Waals surface area (Å²) in [6, 6.07) is 7.48. The molecule has 2 aromatic heterocycles. The van der Waals surface area contributed by atoms with E-state index < -0.39 is 21.8 Å². The molecule has 32 heavy (non-hydrogen) atoms. The second kappa shape index (κ2) is 9.59. The summed E-state index contributed by atoms with van der Waals surface area (Å²) in [7, 11) is -3.54. The molecule has 2 N–H and O–H groups in total. The first-order chi connectivity index (χ1) is 15.4. The van der Waals surface area contributed by atoms with Crippen molar-refractivity contribution in [1.29, 1.82) is 0 Å². The van der Waals surface area contributed by atoms with E-state index >= 15 is 0 Å². The molecule has 0 aliphatic carbocycles. The van der Waals surface area contributed by atoms with Crippen molar-refractivity contribution < 1.29 is 22.5 Å². The van der Waals surface area contributed by atoms with Gasteiger partial charge < -0.3 is 4.52 Å². The van der Waals surface area contributed by atoms with Crippen LogP contribution in [-0.2, 0) is 21.2 Å². The van der Waals surface area contributed by atoms with Crippen LogP contribution < -0.4 is 10.9 Å². The topological polar surface area (TPSA) is 134 Å². The molecule has 1 saturated heterocycles. The fraction of sp³-hybridized carbons (Fsp3) is 0.300. The minimum Gasteiger partial charge on any atom is -0.339 e. The Bertz CT molecular complexity index is 1180. The molecule has 0 spiro atoms. The van der Waals surface area contributed by atoms with Gasteiger partial charge in [-0.05, 0) is 48.6 Å². The van der Waals surface area contributed by atoms with Crippen molar-refractivity contribution in [2.75, 3.05) is 13.1 Å². The molecule has 4 rings (SSSR count). The number of hydrogen-bond donors (Lipinski definition) is 2. The van der Waals surface area contributed by atoms with E-state index in [0.29, 0.717) is 24.8 Å². The largest absolute Gasteiger partial charge is 0.339 e. The number of thiophene rings is 1. The van der Waals surface area contributed by atoms with Gasteiger partial charge in [0, 0.05) is 42.4 Å².